The molecule has 2 aromatic carbocycles. The van der Waals surface area contributed by atoms with Crippen LogP contribution in [0.2, 0.25) is 0 Å². The quantitative estimate of drug-likeness (QED) is 0.638. The molecule has 0 saturated carbocycles. The Balaban J connectivity index is 2.19. The number of nitrogens with two attached hydrogens (primary N) is 1. The van der Waals surface area contributed by atoms with Crippen molar-refractivity contribution in [1.29, 1.82) is 0 Å². The zero-order valence-corrected chi connectivity index (χ0v) is 17.0. The molecule has 0 saturated heterocycles. The van der Waals surface area contributed by atoms with Crippen LogP contribution >= 0.6 is 0 Å². The van der Waals surface area contributed by atoms with Crippen LogP contribution in [0.5, 0.6) is 17.2 Å². The van der Waals surface area contributed by atoms with Gasteiger partial charge in [0.2, 0.25) is 5.75 Å². The number of nitrogens with zero attached hydrogens (tertiary/aromatic N) is 1. The molecule has 0 spiro atoms. The van der Waals surface area contributed by atoms with E-state index < -0.39 is 0 Å². The molecule has 0 radical (unpaired) electrons. The number of para-hydroxylation sites is 1. The summed E-state index contributed by atoms with van der Waals surface area (Å²) in [7, 11) is 4.67. The molecule has 0 bridgehead atoms. The fraction of sp³-hybridized carbons (Fsp3) is 0.273. The summed E-state index contributed by atoms with van der Waals surface area (Å²) in [5.41, 5.74) is 8.26. The first-order valence-corrected chi connectivity index (χ1v) is 9.23. The molecule has 7 heteroatoms. The van der Waals surface area contributed by atoms with E-state index in [0.717, 1.165) is 10.9 Å². The molecule has 3 aromatic rings. The van der Waals surface area contributed by atoms with Crippen molar-refractivity contribution in [3.05, 3.63) is 48.0 Å². The summed E-state index contributed by atoms with van der Waals surface area (Å²) in [6, 6.07) is 12.8. The van der Waals surface area contributed by atoms with E-state index in [9.17, 15) is 4.79 Å². The fourth-order valence-electron chi connectivity index (χ4n) is 3.10. The lowest BCUT2D eigenvalue weighted by Crippen LogP contribution is -2.37. The van der Waals surface area contributed by atoms with Crippen molar-refractivity contribution in [3.63, 3.8) is 0 Å². The normalized spacial score (nSPS) is 11.8. The van der Waals surface area contributed by atoms with Crippen molar-refractivity contribution in [2.45, 2.75) is 13.0 Å². The predicted octanol–water partition coefficient (Wildman–Crippen LogP) is 3.00. The van der Waals surface area contributed by atoms with Crippen molar-refractivity contribution < 1.29 is 19.0 Å². The highest BCUT2D eigenvalue weighted by atomic mass is 16.5. The summed E-state index contributed by atoms with van der Waals surface area (Å²) >= 11 is 0. The van der Waals surface area contributed by atoms with Gasteiger partial charge >= 0.3 is 0 Å². The SMILES string of the molecule is COc1cc(-c2cc(C(=O)N[C@@H](C)CN)c3ccccc3n2)cc(OC)c1OC. The molecule has 1 heterocycles. The van der Waals surface area contributed by atoms with Gasteiger partial charge in [-0.1, -0.05) is 18.2 Å². The van der Waals surface area contributed by atoms with Crippen LogP contribution in [0.4, 0.5) is 0 Å². The van der Waals surface area contributed by atoms with Crippen LogP contribution in [0.15, 0.2) is 42.5 Å². The number of fused-ring (bicyclic) bond motifs is 1. The van der Waals surface area contributed by atoms with Crippen LogP contribution in [-0.2, 0) is 0 Å². The fourth-order valence-corrected chi connectivity index (χ4v) is 3.10. The third-order valence-electron chi connectivity index (χ3n) is 4.65. The van der Waals surface area contributed by atoms with Crippen molar-refractivity contribution >= 4 is 16.8 Å². The van der Waals surface area contributed by atoms with Crippen molar-refractivity contribution in [3.8, 4) is 28.5 Å². The number of amides is 1. The predicted molar refractivity (Wildman–Crippen MR) is 113 cm³/mol. The summed E-state index contributed by atoms with van der Waals surface area (Å²) in [6.45, 7) is 2.22. The van der Waals surface area contributed by atoms with Gasteiger partial charge in [-0.15, -0.1) is 0 Å². The summed E-state index contributed by atoms with van der Waals surface area (Å²) in [5, 5.41) is 3.69. The van der Waals surface area contributed by atoms with Gasteiger partial charge in [0.25, 0.3) is 5.91 Å². The standard InChI is InChI=1S/C22H25N3O4/c1-13(12-23)24-22(26)16-11-18(25-17-8-6-5-7-15(16)17)14-9-19(27-2)21(29-4)20(10-14)28-3/h5-11,13H,12,23H2,1-4H3,(H,24,26)/t13-/m0/s1. The number of pyridine rings is 1. The largest absolute Gasteiger partial charge is 0.493 e. The Labute approximate surface area is 169 Å². The maximum atomic E-state index is 12.9. The molecule has 3 N–H and O–H groups in total. The van der Waals surface area contributed by atoms with Gasteiger partial charge in [0.1, 0.15) is 0 Å². The van der Waals surface area contributed by atoms with Gasteiger partial charge in [-0.25, -0.2) is 4.98 Å². The molecule has 152 valence electrons. The second kappa shape index (κ2) is 8.79. The number of hydrogen-bond donors (Lipinski definition) is 2. The van der Waals surface area contributed by atoms with Crippen LogP contribution < -0.4 is 25.3 Å². The Kier molecular flexibility index (Phi) is 6.19. The van der Waals surface area contributed by atoms with E-state index in [1.807, 2.05) is 43.3 Å². The van der Waals surface area contributed by atoms with Gasteiger partial charge in [-0.05, 0) is 31.2 Å². The van der Waals surface area contributed by atoms with Crippen LogP contribution in [0.25, 0.3) is 22.2 Å². The molecule has 0 aliphatic rings. The molecule has 1 aromatic heterocycles. The molecule has 3 rings (SSSR count). The molecule has 1 amide bonds. The number of carbonyl (C=O) groups excluding carboxylic acids is 1. The minimum Gasteiger partial charge on any atom is -0.493 e. The van der Waals surface area contributed by atoms with Gasteiger partial charge < -0.3 is 25.3 Å². The second-order valence-electron chi connectivity index (χ2n) is 6.60. The molecular weight excluding hydrogens is 370 g/mol. The molecule has 1 atom stereocenters. The zero-order chi connectivity index (χ0) is 21.0. The first-order valence-electron chi connectivity index (χ1n) is 9.23. The van der Waals surface area contributed by atoms with E-state index in [1.165, 1.54) is 0 Å². The van der Waals surface area contributed by atoms with Gasteiger partial charge in [0, 0.05) is 23.5 Å². The highest BCUT2D eigenvalue weighted by molar-refractivity contribution is 6.07. The maximum Gasteiger partial charge on any atom is 0.252 e. The second-order valence-corrected chi connectivity index (χ2v) is 6.60. The molecule has 0 aliphatic carbocycles. The Bertz CT molecular complexity index is 1010. The Morgan fingerprint density at radius 3 is 2.31 bits per heavy atom. The molecule has 29 heavy (non-hydrogen) atoms. The third-order valence-corrected chi connectivity index (χ3v) is 4.65. The van der Waals surface area contributed by atoms with Gasteiger partial charge in [0.15, 0.2) is 11.5 Å². The number of methoxy groups -OCH3 is 3. The minimum atomic E-state index is -0.199. The molecule has 0 unspecified atom stereocenters. The third kappa shape index (κ3) is 4.09. The van der Waals surface area contributed by atoms with Gasteiger partial charge in [0.05, 0.1) is 38.1 Å². The van der Waals surface area contributed by atoms with E-state index in [0.29, 0.717) is 40.6 Å². The molecular formula is C22H25N3O4. The summed E-state index contributed by atoms with van der Waals surface area (Å²) < 4.78 is 16.3. The number of carbonyl (C=O) groups is 1. The van der Waals surface area contributed by atoms with Gasteiger partial charge in [-0.3, -0.25) is 4.79 Å². The van der Waals surface area contributed by atoms with E-state index in [4.69, 9.17) is 24.9 Å². The summed E-state index contributed by atoms with van der Waals surface area (Å²) in [6.07, 6.45) is 0. The summed E-state index contributed by atoms with van der Waals surface area (Å²) in [4.78, 5) is 17.6. The monoisotopic (exact) mass is 395 g/mol. The van der Waals surface area contributed by atoms with E-state index >= 15 is 0 Å². The van der Waals surface area contributed by atoms with Crippen LogP contribution in [0.1, 0.15) is 17.3 Å². The Hall–Kier alpha value is -3.32. The number of ether oxygens (including phenoxy) is 3. The number of aromatic nitrogens is 1. The van der Waals surface area contributed by atoms with Crippen molar-refractivity contribution in [2.75, 3.05) is 27.9 Å². The molecule has 7 nitrogen and oxygen atoms in total. The lowest BCUT2D eigenvalue weighted by atomic mass is 10.0. The average molecular weight is 395 g/mol. The Morgan fingerprint density at radius 1 is 1.07 bits per heavy atom. The van der Waals surface area contributed by atoms with Gasteiger partial charge in [-0.2, -0.15) is 0 Å². The smallest absolute Gasteiger partial charge is 0.252 e. The molecule has 0 fully saturated rings. The average Bonchev–Trinajstić information content (AvgIpc) is 2.76. The van der Waals surface area contributed by atoms with E-state index in [1.54, 1.807) is 27.4 Å². The lowest BCUT2D eigenvalue weighted by Gasteiger charge is -2.16. The first kappa shape index (κ1) is 20.4. The zero-order valence-electron chi connectivity index (χ0n) is 17.0. The van der Waals surface area contributed by atoms with Crippen molar-refractivity contribution in [1.82, 2.24) is 10.3 Å². The van der Waals surface area contributed by atoms with Crippen LogP contribution in [-0.4, -0.2) is 44.8 Å². The highest BCUT2D eigenvalue weighted by Crippen LogP contribution is 2.41. The number of rotatable bonds is 7. The van der Waals surface area contributed by atoms with E-state index in [-0.39, 0.29) is 11.9 Å². The molecule has 0 aliphatic heterocycles. The minimum absolute atomic E-state index is 0.140. The maximum absolute atomic E-state index is 12.9. The number of nitrogens with one attached hydrogen (secondary N) is 1. The van der Waals surface area contributed by atoms with Crippen LogP contribution in [0.3, 0.4) is 0 Å². The summed E-state index contributed by atoms with van der Waals surface area (Å²) in [5.74, 6) is 1.32. The van der Waals surface area contributed by atoms with Crippen LogP contribution in [0, 0.1) is 0 Å². The Morgan fingerprint density at radius 2 is 1.72 bits per heavy atom. The topological polar surface area (TPSA) is 95.7 Å². The highest BCUT2D eigenvalue weighted by Gasteiger charge is 2.18. The number of benzene rings is 2. The lowest BCUT2D eigenvalue weighted by molar-refractivity contribution is 0.0943. The van der Waals surface area contributed by atoms with Crippen molar-refractivity contribution in [2.24, 2.45) is 5.73 Å². The van der Waals surface area contributed by atoms with E-state index in [2.05, 4.69) is 5.32 Å². The first-order chi connectivity index (χ1) is 14.0. The number of hydrogen-bond acceptors (Lipinski definition) is 6.